The molecule has 0 spiro atoms. The Hall–Kier alpha value is -2.15. The van der Waals surface area contributed by atoms with Crippen LogP contribution in [0.3, 0.4) is 0 Å². The number of carboxylic acid groups (broad SMARTS) is 1. The number of hydrogen-bond donors (Lipinski definition) is 1. The van der Waals surface area contributed by atoms with Crippen molar-refractivity contribution in [2.24, 2.45) is 0 Å². The zero-order valence-electron chi connectivity index (χ0n) is 15.7. The van der Waals surface area contributed by atoms with Gasteiger partial charge < -0.3 is 10.0 Å². The summed E-state index contributed by atoms with van der Waals surface area (Å²) in [7, 11) is -1.23. The van der Waals surface area contributed by atoms with E-state index in [1.807, 2.05) is 0 Å². The van der Waals surface area contributed by atoms with Crippen molar-refractivity contribution in [2.75, 3.05) is 6.26 Å². The minimum Gasteiger partial charge on any atom is -0.477 e. The maximum atomic E-state index is 12.0. The molecule has 0 bridgehead atoms. The van der Waals surface area contributed by atoms with Crippen molar-refractivity contribution in [1.82, 2.24) is 9.88 Å². The van der Waals surface area contributed by atoms with Crippen molar-refractivity contribution in [3.05, 3.63) is 75.7 Å². The molecular formula is C20H20Cl2N2O3S. The molecule has 8 heteroatoms. The van der Waals surface area contributed by atoms with E-state index < -0.39 is 16.8 Å². The number of allylic oxidation sites excluding steroid dienone is 1. The summed E-state index contributed by atoms with van der Waals surface area (Å²) in [6.45, 7) is 7.63. The number of carbonyl (C=O) groups is 1. The lowest BCUT2D eigenvalue weighted by Gasteiger charge is -2.29. The Morgan fingerprint density at radius 1 is 1.25 bits per heavy atom. The summed E-state index contributed by atoms with van der Waals surface area (Å²) in [5.74, 6) is -1.09. The zero-order chi connectivity index (χ0) is 21.0. The van der Waals surface area contributed by atoms with Crippen molar-refractivity contribution < 1.29 is 14.1 Å². The standard InChI is InChI=1S/C20H20Cl2N2O3S/c1-12(2)19(20(25)26)24(11-15-7-16(21)5-6-18(15)22)13(3)14-8-17(28(4)27)10-23-9-14/h5-10H,3,11H2,1-2,4H3,(H,25,26). The Morgan fingerprint density at radius 3 is 2.50 bits per heavy atom. The van der Waals surface area contributed by atoms with Crippen LogP contribution in [0.5, 0.6) is 0 Å². The van der Waals surface area contributed by atoms with Gasteiger partial charge in [0.2, 0.25) is 0 Å². The molecular weight excluding hydrogens is 419 g/mol. The van der Waals surface area contributed by atoms with E-state index in [1.54, 1.807) is 55.5 Å². The second-order valence-electron chi connectivity index (χ2n) is 6.29. The lowest BCUT2D eigenvalue weighted by Crippen LogP contribution is -2.27. The van der Waals surface area contributed by atoms with Gasteiger partial charge >= 0.3 is 5.97 Å². The first kappa shape index (κ1) is 22.1. The van der Waals surface area contributed by atoms with E-state index in [9.17, 15) is 14.1 Å². The first-order valence-corrected chi connectivity index (χ1v) is 10.5. The molecule has 2 aromatic rings. The van der Waals surface area contributed by atoms with Crippen LogP contribution < -0.4 is 0 Å². The van der Waals surface area contributed by atoms with Crippen LogP contribution in [0.1, 0.15) is 25.0 Å². The third-order valence-electron chi connectivity index (χ3n) is 3.99. The molecule has 0 aliphatic carbocycles. The third kappa shape index (κ3) is 5.22. The van der Waals surface area contributed by atoms with Crippen molar-refractivity contribution in [3.8, 4) is 0 Å². The number of pyridine rings is 1. The van der Waals surface area contributed by atoms with Gasteiger partial charge in [-0.15, -0.1) is 0 Å². The number of aromatic nitrogens is 1. The molecule has 2 rings (SSSR count). The molecule has 0 fully saturated rings. The highest BCUT2D eigenvalue weighted by molar-refractivity contribution is 7.84. The number of nitrogens with zero attached hydrogens (tertiary/aromatic N) is 2. The first-order chi connectivity index (χ1) is 13.1. The third-order valence-corrected chi connectivity index (χ3v) is 5.48. The Kier molecular flexibility index (Phi) is 7.41. The van der Waals surface area contributed by atoms with Crippen LogP contribution in [0.4, 0.5) is 0 Å². The molecule has 148 valence electrons. The number of carboxylic acids is 1. The summed E-state index contributed by atoms with van der Waals surface area (Å²) in [6.07, 6.45) is 4.60. The largest absolute Gasteiger partial charge is 0.477 e. The van der Waals surface area contributed by atoms with Gasteiger partial charge in [0.05, 0.1) is 15.7 Å². The Morgan fingerprint density at radius 2 is 1.93 bits per heavy atom. The summed E-state index contributed by atoms with van der Waals surface area (Å²) < 4.78 is 11.8. The van der Waals surface area contributed by atoms with Crippen LogP contribution in [0.15, 0.2) is 59.4 Å². The van der Waals surface area contributed by atoms with E-state index in [0.717, 1.165) is 0 Å². The number of benzene rings is 1. The number of halogens is 2. The fraction of sp³-hybridized carbons (Fsp3) is 0.200. The van der Waals surface area contributed by atoms with Gasteiger partial charge in [0.1, 0.15) is 5.70 Å². The van der Waals surface area contributed by atoms with Gasteiger partial charge in [0, 0.05) is 46.5 Å². The van der Waals surface area contributed by atoms with Crippen LogP contribution in [0.25, 0.3) is 5.70 Å². The molecule has 1 unspecified atom stereocenters. The topological polar surface area (TPSA) is 70.5 Å². The summed E-state index contributed by atoms with van der Waals surface area (Å²) in [5, 5.41) is 10.7. The van der Waals surface area contributed by atoms with Gasteiger partial charge in [-0.3, -0.25) is 9.19 Å². The predicted octanol–water partition coefficient (Wildman–Crippen LogP) is 4.98. The summed E-state index contributed by atoms with van der Waals surface area (Å²) in [4.78, 5) is 18.1. The van der Waals surface area contributed by atoms with Gasteiger partial charge in [0.25, 0.3) is 0 Å². The first-order valence-electron chi connectivity index (χ1n) is 8.21. The number of rotatable bonds is 7. The van der Waals surface area contributed by atoms with E-state index in [2.05, 4.69) is 11.6 Å². The van der Waals surface area contributed by atoms with E-state index in [4.69, 9.17) is 23.2 Å². The van der Waals surface area contributed by atoms with Crippen molar-refractivity contribution in [2.45, 2.75) is 25.3 Å². The fourth-order valence-electron chi connectivity index (χ4n) is 2.63. The molecule has 1 N–H and O–H groups in total. The van der Waals surface area contributed by atoms with Gasteiger partial charge in [-0.05, 0) is 49.2 Å². The lowest BCUT2D eigenvalue weighted by atomic mass is 10.1. The highest BCUT2D eigenvalue weighted by atomic mass is 35.5. The molecule has 1 atom stereocenters. The molecule has 0 aliphatic rings. The van der Waals surface area contributed by atoms with Crippen LogP contribution in [0.2, 0.25) is 10.0 Å². The van der Waals surface area contributed by atoms with Crippen LogP contribution in [-0.2, 0) is 22.1 Å². The fourth-order valence-corrected chi connectivity index (χ4v) is 3.51. The summed E-state index contributed by atoms with van der Waals surface area (Å²) >= 11 is 12.4. The Bertz CT molecular complexity index is 985. The Balaban J connectivity index is 2.58. The molecule has 0 saturated carbocycles. The number of hydrogen-bond acceptors (Lipinski definition) is 4. The normalized spacial score (nSPS) is 11.6. The second-order valence-corrected chi connectivity index (χ2v) is 8.51. The SMILES string of the molecule is C=C(c1cncc(S(C)=O)c1)N(Cc1cc(Cl)ccc1Cl)C(C(=O)O)=C(C)C. The van der Waals surface area contributed by atoms with Gasteiger partial charge in [-0.1, -0.05) is 29.8 Å². The smallest absolute Gasteiger partial charge is 0.352 e. The average molecular weight is 439 g/mol. The van der Waals surface area contributed by atoms with E-state index in [0.29, 0.717) is 37.3 Å². The average Bonchev–Trinajstić information content (AvgIpc) is 2.62. The van der Waals surface area contributed by atoms with Crippen molar-refractivity contribution >= 4 is 45.7 Å². The molecule has 0 amide bonds. The number of aliphatic carboxylic acids is 1. The highest BCUT2D eigenvalue weighted by Gasteiger charge is 2.23. The second kappa shape index (κ2) is 9.37. The van der Waals surface area contributed by atoms with Crippen molar-refractivity contribution in [3.63, 3.8) is 0 Å². The monoisotopic (exact) mass is 438 g/mol. The van der Waals surface area contributed by atoms with Gasteiger partial charge in [-0.2, -0.15) is 0 Å². The Labute approximate surface area is 176 Å². The molecule has 28 heavy (non-hydrogen) atoms. The van der Waals surface area contributed by atoms with Crippen LogP contribution >= 0.6 is 23.2 Å². The van der Waals surface area contributed by atoms with Crippen LogP contribution in [-0.4, -0.2) is 31.4 Å². The van der Waals surface area contributed by atoms with Crippen LogP contribution in [0, 0.1) is 0 Å². The van der Waals surface area contributed by atoms with Gasteiger partial charge in [0.15, 0.2) is 0 Å². The minimum absolute atomic E-state index is 0.0732. The molecule has 1 aromatic heterocycles. The van der Waals surface area contributed by atoms with Crippen molar-refractivity contribution in [1.29, 1.82) is 0 Å². The summed E-state index contributed by atoms with van der Waals surface area (Å²) in [6, 6.07) is 6.69. The van der Waals surface area contributed by atoms with E-state index in [1.165, 1.54) is 6.20 Å². The molecule has 0 radical (unpaired) electrons. The highest BCUT2D eigenvalue weighted by Crippen LogP contribution is 2.30. The molecule has 5 nitrogen and oxygen atoms in total. The molecule has 0 aliphatic heterocycles. The lowest BCUT2D eigenvalue weighted by molar-refractivity contribution is -0.134. The maximum absolute atomic E-state index is 12.0. The summed E-state index contributed by atoms with van der Waals surface area (Å²) in [5.41, 5.74) is 2.28. The quantitative estimate of drug-likeness (QED) is 0.617. The molecule has 1 aromatic carbocycles. The minimum atomic E-state index is -1.23. The zero-order valence-corrected chi connectivity index (χ0v) is 18.0. The maximum Gasteiger partial charge on any atom is 0.352 e. The van der Waals surface area contributed by atoms with E-state index >= 15 is 0 Å². The van der Waals surface area contributed by atoms with Gasteiger partial charge in [-0.25, -0.2) is 4.79 Å². The predicted molar refractivity (Wildman–Crippen MR) is 114 cm³/mol. The molecule has 1 heterocycles. The molecule has 0 saturated heterocycles. The van der Waals surface area contributed by atoms with E-state index in [-0.39, 0.29) is 12.2 Å².